The number of nitrogens with one attached hydrogen (secondary N) is 1. The normalized spacial score (nSPS) is 11.8. The molecule has 0 spiro atoms. The molecule has 0 unspecified atom stereocenters. The average Bonchev–Trinajstić information content (AvgIpc) is 2.86. The predicted octanol–water partition coefficient (Wildman–Crippen LogP) is 4.50. The van der Waals surface area contributed by atoms with Gasteiger partial charge in [-0.05, 0) is 29.8 Å². The Bertz CT molecular complexity index is 803. The number of fused-ring (bicyclic) bond motifs is 1. The van der Waals surface area contributed by atoms with Crippen LogP contribution in [0, 0.1) is 0 Å². The summed E-state index contributed by atoms with van der Waals surface area (Å²) in [5.74, 6) is 0.269. The van der Waals surface area contributed by atoms with Gasteiger partial charge in [0.05, 0.1) is 11.1 Å². The summed E-state index contributed by atoms with van der Waals surface area (Å²) in [6, 6.07) is 4.81. The van der Waals surface area contributed by atoms with E-state index in [-0.39, 0.29) is 16.8 Å². The van der Waals surface area contributed by atoms with Gasteiger partial charge in [0.25, 0.3) is 0 Å². The van der Waals surface area contributed by atoms with Gasteiger partial charge in [-0.2, -0.15) is 18.2 Å². The number of benzene rings is 1. The van der Waals surface area contributed by atoms with Crippen LogP contribution in [0.1, 0.15) is 5.56 Å². The monoisotopic (exact) mass is 330 g/mol. The molecule has 3 rings (SSSR count). The largest absolute Gasteiger partial charge is 0.416 e. The summed E-state index contributed by atoms with van der Waals surface area (Å²) >= 11 is 7.05. The van der Waals surface area contributed by atoms with E-state index in [9.17, 15) is 13.2 Å². The topological polar surface area (TPSA) is 50.7 Å². The first kappa shape index (κ1) is 14.0. The molecule has 4 nitrogen and oxygen atoms in total. The summed E-state index contributed by atoms with van der Waals surface area (Å²) in [5.41, 5.74) is 1.52. The van der Waals surface area contributed by atoms with Crippen molar-refractivity contribution in [3.05, 3.63) is 40.6 Å². The molecule has 1 aromatic carbocycles. The Morgan fingerprint density at radius 1 is 1.19 bits per heavy atom. The molecule has 21 heavy (non-hydrogen) atoms. The first-order valence-electron chi connectivity index (χ1n) is 5.64. The molecule has 0 fully saturated rings. The first-order valence-corrected chi connectivity index (χ1v) is 6.90. The van der Waals surface area contributed by atoms with Crippen LogP contribution in [0.5, 0.6) is 0 Å². The summed E-state index contributed by atoms with van der Waals surface area (Å²) in [4.78, 5) is 12.6. The molecule has 2 heterocycles. The van der Waals surface area contributed by atoms with E-state index in [1.165, 1.54) is 23.5 Å². The summed E-state index contributed by atoms with van der Waals surface area (Å²) < 4.78 is 38.1. The molecule has 0 atom stereocenters. The average molecular weight is 331 g/mol. The van der Waals surface area contributed by atoms with Crippen molar-refractivity contribution >= 4 is 44.8 Å². The van der Waals surface area contributed by atoms with E-state index in [1.54, 1.807) is 5.51 Å². The molecule has 0 aliphatic rings. The van der Waals surface area contributed by atoms with E-state index in [1.807, 2.05) is 0 Å². The number of nitrogens with zero attached hydrogens (tertiary/aromatic N) is 3. The number of alkyl halides is 3. The molecule has 3 aromatic rings. The Labute approximate surface area is 125 Å². The second kappa shape index (κ2) is 5.12. The lowest BCUT2D eigenvalue weighted by molar-refractivity contribution is -0.137. The Morgan fingerprint density at radius 2 is 2.00 bits per heavy atom. The van der Waals surface area contributed by atoms with E-state index in [0.29, 0.717) is 10.3 Å². The van der Waals surface area contributed by atoms with E-state index in [4.69, 9.17) is 11.6 Å². The lowest BCUT2D eigenvalue weighted by Crippen LogP contribution is -2.05. The fourth-order valence-corrected chi connectivity index (χ4v) is 2.61. The van der Waals surface area contributed by atoms with Crippen molar-refractivity contribution < 1.29 is 13.2 Å². The third-order valence-corrected chi connectivity index (χ3v) is 3.51. The fourth-order valence-electron chi connectivity index (χ4n) is 1.73. The molecule has 0 saturated heterocycles. The third kappa shape index (κ3) is 2.91. The summed E-state index contributed by atoms with van der Waals surface area (Å²) in [6.07, 6.45) is -4.41. The standard InChI is InChI=1S/C12H6ClF3N4S/c13-11-19-9(8-10(20-11)21-5-17-8)18-7-3-1-2-6(4-7)12(14,15)16/h1-5H,(H,18,19,20). The lowest BCUT2D eigenvalue weighted by Gasteiger charge is -2.10. The zero-order chi connectivity index (χ0) is 15.0. The van der Waals surface area contributed by atoms with E-state index in [0.717, 1.165) is 12.1 Å². The number of thiazole rings is 1. The maximum atomic E-state index is 12.7. The van der Waals surface area contributed by atoms with Crippen LogP contribution < -0.4 is 5.32 Å². The third-order valence-electron chi connectivity index (χ3n) is 2.62. The van der Waals surface area contributed by atoms with Crippen molar-refractivity contribution in [3.63, 3.8) is 0 Å². The smallest absolute Gasteiger partial charge is 0.338 e. The highest BCUT2D eigenvalue weighted by atomic mass is 35.5. The van der Waals surface area contributed by atoms with Gasteiger partial charge in [0, 0.05) is 5.69 Å². The molecule has 9 heteroatoms. The molecule has 1 N–H and O–H groups in total. The second-order valence-electron chi connectivity index (χ2n) is 4.05. The minimum Gasteiger partial charge on any atom is -0.338 e. The minimum atomic E-state index is -4.41. The maximum Gasteiger partial charge on any atom is 0.416 e. The Hall–Kier alpha value is -1.93. The molecule has 0 radical (unpaired) electrons. The van der Waals surface area contributed by atoms with Gasteiger partial charge >= 0.3 is 6.18 Å². The van der Waals surface area contributed by atoms with Crippen molar-refractivity contribution in [2.24, 2.45) is 0 Å². The van der Waals surface area contributed by atoms with Crippen LogP contribution in [-0.4, -0.2) is 15.0 Å². The molecule has 108 valence electrons. The number of hydrogen-bond acceptors (Lipinski definition) is 5. The van der Waals surface area contributed by atoms with Crippen LogP contribution in [0.3, 0.4) is 0 Å². The van der Waals surface area contributed by atoms with Crippen molar-refractivity contribution in [3.8, 4) is 0 Å². The number of rotatable bonds is 2. The summed E-state index contributed by atoms with van der Waals surface area (Å²) in [6.45, 7) is 0. The SMILES string of the molecule is FC(F)(F)c1cccc(Nc2nc(Cl)nc3scnc23)c1. The van der Waals surface area contributed by atoms with Crippen molar-refractivity contribution in [2.75, 3.05) is 5.32 Å². The van der Waals surface area contributed by atoms with Gasteiger partial charge in [-0.3, -0.25) is 0 Å². The minimum absolute atomic E-state index is 0.00114. The Morgan fingerprint density at radius 3 is 2.76 bits per heavy atom. The molecule has 0 bridgehead atoms. The van der Waals surface area contributed by atoms with Gasteiger partial charge in [-0.1, -0.05) is 6.07 Å². The molecule has 2 aromatic heterocycles. The zero-order valence-electron chi connectivity index (χ0n) is 10.1. The van der Waals surface area contributed by atoms with E-state index < -0.39 is 11.7 Å². The van der Waals surface area contributed by atoms with Crippen LogP contribution in [0.4, 0.5) is 24.7 Å². The van der Waals surface area contributed by atoms with Gasteiger partial charge in [0.15, 0.2) is 10.6 Å². The number of hydrogen-bond donors (Lipinski definition) is 1. The van der Waals surface area contributed by atoms with Crippen LogP contribution >= 0.6 is 22.9 Å². The van der Waals surface area contributed by atoms with Crippen LogP contribution in [0.2, 0.25) is 5.28 Å². The van der Waals surface area contributed by atoms with Gasteiger partial charge in [-0.25, -0.2) is 9.97 Å². The van der Waals surface area contributed by atoms with Gasteiger partial charge < -0.3 is 5.32 Å². The van der Waals surface area contributed by atoms with Gasteiger partial charge in [-0.15, -0.1) is 11.3 Å². The van der Waals surface area contributed by atoms with Crippen LogP contribution in [0.25, 0.3) is 10.3 Å². The lowest BCUT2D eigenvalue weighted by atomic mass is 10.2. The Kier molecular flexibility index (Phi) is 3.42. The summed E-state index contributed by atoms with van der Waals surface area (Å²) in [5, 5.41) is 2.80. The summed E-state index contributed by atoms with van der Waals surface area (Å²) in [7, 11) is 0. The fraction of sp³-hybridized carbons (Fsp3) is 0.0833. The van der Waals surface area contributed by atoms with Gasteiger partial charge in [0.2, 0.25) is 5.28 Å². The molecule has 0 saturated carbocycles. The Balaban J connectivity index is 2.01. The highest BCUT2D eigenvalue weighted by molar-refractivity contribution is 7.16. The number of anilines is 2. The number of halogens is 4. The van der Waals surface area contributed by atoms with Crippen molar-refractivity contribution in [1.29, 1.82) is 0 Å². The van der Waals surface area contributed by atoms with E-state index >= 15 is 0 Å². The second-order valence-corrected chi connectivity index (χ2v) is 5.22. The number of aromatic nitrogens is 3. The van der Waals surface area contributed by atoms with Gasteiger partial charge in [0.1, 0.15) is 5.52 Å². The zero-order valence-corrected chi connectivity index (χ0v) is 11.7. The molecule has 0 amide bonds. The molecule has 0 aliphatic carbocycles. The van der Waals surface area contributed by atoms with Crippen molar-refractivity contribution in [2.45, 2.75) is 6.18 Å². The van der Waals surface area contributed by atoms with E-state index in [2.05, 4.69) is 20.3 Å². The van der Waals surface area contributed by atoms with Crippen LogP contribution in [0.15, 0.2) is 29.8 Å². The highest BCUT2D eigenvalue weighted by Gasteiger charge is 2.30. The highest BCUT2D eigenvalue weighted by Crippen LogP contribution is 2.32. The molecular formula is C12H6ClF3N4S. The predicted molar refractivity (Wildman–Crippen MR) is 74.9 cm³/mol. The first-order chi connectivity index (χ1) is 9.93. The quantitative estimate of drug-likeness (QED) is 0.703. The molecule has 0 aliphatic heterocycles. The van der Waals surface area contributed by atoms with Crippen molar-refractivity contribution in [1.82, 2.24) is 15.0 Å². The maximum absolute atomic E-state index is 12.7. The molecular weight excluding hydrogens is 325 g/mol. The van der Waals surface area contributed by atoms with Crippen LogP contribution in [-0.2, 0) is 6.18 Å².